The van der Waals surface area contributed by atoms with Crippen molar-refractivity contribution in [2.75, 3.05) is 20.2 Å². The summed E-state index contributed by atoms with van der Waals surface area (Å²) >= 11 is 0. The van der Waals surface area contributed by atoms with Crippen molar-refractivity contribution in [1.29, 1.82) is 0 Å². The highest BCUT2D eigenvalue weighted by Crippen LogP contribution is 2.17. The standard InChI is InChI=1S/C8H13NO3/c1-3-7(10)9-4-6(5-9)8(11)12-2/h6H,3-5H2,1-2H3. The summed E-state index contributed by atoms with van der Waals surface area (Å²) in [4.78, 5) is 23.6. The van der Waals surface area contributed by atoms with Crippen molar-refractivity contribution in [3.8, 4) is 0 Å². The Hall–Kier alpha value is -1.06. The minimum absolute atomic E-state index is 0.0921. The Morgan fingerprint density at radius 3 is 2.50 bits per heavy atom. The number of esters is 1. The largest absolute Gasteiger partial charge is 0.469 e. The average molecular weight is 171 g/mol. The molecule has 0 aromatic carbocycles. The van der Waals surface area contributed by atoms with Crippen molar-refractivity contribution in [3.05, 3.63) is 0 Å². The Labute approximate surface area is 71.5 Å². The number of ether oxygens (including phenoxy) is 1. The van der Waals surface area contributed by atoms with E-state index in [9.17, 15) is 9.59 Å². The molecule has 0 N–H and O–H groups in total. The normalized spacial score (nSPS) is 17.0. The third kappa shape index (κ3) is 1.57. The lowest BCUT2D eigenvalue weighted by Gasteiger charge is -2.37. The van der Waals surface area contributed by atoms with Crippen LogP contribution in [0.3, 0.4) is 0 Å². The molecule has 0 aliphatic carbocycles. The molecule has 0 aromatic heterocycles. The number of likely N-dealkylation sites (tertiary alicyclic amines) is 1. The van der Waals surface area contributed by atoms with Crippen LogP contribution in [0.25, 0.3) is 0 Å². The molecule has 12 heavy (non-hydrogen) atoms. The zero-order valence-electron chi connectivity index (χ0n) is 7.37. The molecule has 1 aliphatic heterocycles. The smallest absolute Gasteiger partial charge is 0.312 e. The SMILES string of the molecule is CCC(=O)N1CC(C(=O)OC)C1. The second kappa shape index (κ2) is 3.56. The lowest BCUT2D eigenvalue weighted by molar-refractivity contribution is -0.155. The first-order chi connectivity index (χ1) is 5.69. The predicted molar refractivity (Wildman–Crippen MR) is 42.4 cm³/mol. The summed E-state index contributed by atoms with van der Waals surface area (Å²) in [5.74, 6) is -0.198. The van der Waals surface area contributed by atoms with Gasteiger partial charge in [-0.2, -0.15) is 0 Å². The van der Waals surface area contributed by atoms with E-state index in [1.165, 1.54) is 7.11 Å². The summed E-state index contributed by atoms with van der Waals surface area (Å²) in [5, 5.41) is 0. The van der Waals surface area contributed by atoms with Crippen LogP contribution >= 0.6 is 0 Å². The quantitative estimate of drug-likeness (QED) is 0.550. The Morgan fingerprint density at radius 2 is 2.08 bits per heavy atom. The van der Waals surface area contributed by atoms with E-state index >= 15 is 0 Å². The van der Waals surface area contributed by atoms with Crippen LogP contribution in [0, 0.1) is 5.92 Å². The lowest BCUT2D eigenvalue weighted by Crippen LogP contribution is -2.53. The second-order valence-corrected chi connectivity index (χ2v) is 2.87. The van der Waals surface area contributed by atoms with Crippen LogP contribution in [-0.2, 0) is 14.3 Å². The maximum absolute atomic E-state index is 11.0. The summed E-state index contributed by atoms with van der Waals surface area (Å²) in [6.45, 7) is 2.87. The molecule has 0 atom stereocenters. The van der Waals surface area contributed by atoms with Gasteiger partial charge in [0.15, 0.2) is 0 Å². The van der Waals surface area contributed by atoms with E-state index in [4.69, 9.17) is 0 Å². The highest BCUT2D eigenvalue weighted by atomic mass is 16.5. The number of hydrogen-bond acceptors (Lipinski definition) is 3. The van der Waals surface area contributed by atoms with Gasteiger partial charge in [0.25, 0.3) is 0 Å². The molecule has 4 heteroatoms. The molecule has 0 saturated carbocycles. The van der Waals surface area contributed by atoms with Gasteiger partial charge in [-0.25, -0.2) is 0 Å². The fraction of sp³-hybridized carbons (Fsp3) is 0.750. The maximum atomic E-state index is 11.0. The molecular formula is C8H13NO3. The van der Waals surface area contributed by atoms with Crippen LogP contribution in [-0.4, -0.2) is 37.0 Å². The van der Waals surface area contributed by atoms with Gasteiger partial charge in [0.2, 0.25) is 5.91 Å². The van der Waals surface area contributed by atoms with E-state index < -0.39 is 0 Å². The number of amides is 1. The number of methoxy groups -OCH3 is 1. The Morgan fingerprint density at radius 1 is 1.50 bits per heavy atom. The molecule has 0 unspecified atom stereocenters. The molecular weight excluding hydrogens is 158 g/mol. The van der Waals surface area contributed by atoms with Crippen molar-refractivity contribution >= 4 is 11.9 Å². The van der Waals surface area contributed by atoms with Gasteiger partial charge in [-0.3, -0.25) is 9.59 Å². The van der Waals surface area contributed by atoms with Crippen LogP contribution in [0.15, 0.2) is 0 Å². The molecule has 0 bridgehead atoms. The van der Waals surface area contributed by atoms with Crippen molar-refractivity contribution in [1.82, 2.24) is 4.90 Å². The summed E-state index contributed by atoms with van der Waals surface area (Å²) in [6.07, 6.45) is 0.508. The molecule has 0 spiro atoms. The maximum Gasteiger partial charge on any atom is 0.312 e. The van der Waals surface area contributed by atoms with E-state index in [1.54, 1.807) is 4.90 Å². The fourth-order valence-corrected chi connectivity index (χ4v) is 1.22. The zero-order valence-corrected chi connectivity index (χ0v) is 7.37. The van der Waals surface area contributed by atoms with Gasteiger partial charge in [0.05, 0.1) is 13.0 Å². The van der Waals surface area contributed by atoms with Gasteiger partial charge in [-0.15, -0.1) is 0 Å². The van der Waals surface area contributed by atoms with E-state index in [0.717, 1.165) is 0 Å². The van der Waals surface area contributed by atoms with Crippen molar-refractivity contribution in [2.45, 2.75) is 13.3 Å². The highest BCUT2D eigenvalue weighted by molar-refractivity contribution is 5.81. The number of hydrogen-bond donors (Lipinski definition) is 0. The molecule has 68 valence electrons. The molecule has 1 aliphatic rings. The molecule has 0 aromatic rings. The van der Waals surface area contributed by atoms with Gasteiger partial charge >= 0.3 is 5.97 Å². The minimum Gasteiger partial charge on any atom is -0.469 e. The fourth-order valence-electron chi connectivity index (χ4n) is 1.22. The molecule has 1 heterocycles. The first-order valence-corrected chi connectivity index (χ1v) is 4.04. The number of carbonyl (C=O) groups is 2. The van der Waals surface area contributed by atoms with Crippen molar-refractivity contribution < 1.29 is 14.3 Å². The summed E-state index contributed by atoms with van der Waals surface area (Å²) in [5.41, 5.74) is 0. The average Bonchev–Trinajstić information content (AvgIpc) is 2.01. The first-order valence-electron chi connectivity index (χ1n) is 4.04. The van der Waals surface area contributed by atoms with Gasteiger partial charge in [-0.1, -0.05) is 6.92 Å². The molecule has 1 saturated heterocycles. The van der Waals surface area contributed by atoms with E-state index in [2.05, 4.69) is 4.74 Å². The Balaban J connectivity index is 2.28. The van der Waals surface area contributed by atoms with Crippen molar-refractivity contribution in [2.24, 2.45) is 5.92 Å². The highest BCUT2D eigenvalue weighted by Gasteiger charge is 2.35. The molecule has 1 fully saturated rings. The summed E-state index contributed by atoms with van der Waals surface area (Å²) < 4.78 is 4.54. The molecule has 1 amide bonds. The van der Waals surface area contributed by atoms with Crippen LogP contribution in [0.2, 0.25) is 0 Å². The van der Waals surface area contributed by atoms with E-state index in [-0.39, 0.29) is 17.8 Å². The Kier molecular flexibility index (Phi) is 2.68. The van der Waals surface area contributed by atoms with Gasteiger partial charge in [-0.05, 0) is 0 Å². The van der Waals surface area contributed by atoms with Crippen molar-refractivity contribution in [3.63, 3.8) is 0 Å². The topological polar surface area (TPSA) is 46.6 Å². The zero-order chi connectivity index (χ0) is 9.14. The van der Waals surface area contributed by atoms with Crippen LogP contribution < -0.4 is 0 Å². The number of rotatable bonds is 2. The number of carbonyl (C=O) groups excluding carboxylic acids is 2. The van der Waals surface area contributed by atoms with Gasteiger partial charge in [0, 0.05) is 19.5 Å². The third-order valence-electron chi connectivity index (χ3n) is 2.07. The Bertz CT molecular complexity index is 176. The molecule has 4 nitrogen and oxygen atoms in total. The van der Waals surface area contributed by atoms with E-state index in [1.807, 2.05) is 6.92 Å². The second-order valence-electron chi connectivity index (χ2n) is 2.87. The molecule has 0 radical (unpaired) electrons. The van der Waals surface area contributed by atoms with Gasteiger partial charge < -0.3 is 9.64 Å². The number of nitrogens with zero attached hydrogens (tertiary/aromatic N) is 1. The minimum atomic E-state index is -0.213. The summed E-state index contributed by atoms with van der Waals surface area (Å²) in [7, 11) is 1.37. The summed E-state index contributed by atoms with van der Waals surface area (Å²) in [6, 6.07) is 0. The first kappa shape index (κ1) is 9.03. The predicted octanol–water partition coefficient (Wildman–Crippen LogP) is 0.0278. The third-order valence-corrected chi connectivity index (χ3v) is 2.07. The monoisotopic (exact) mass is 171 g/mol. The van der Waals surface area contributed by atoms with Crippen LogP contribution in [0.4, 0.5) is 0 Å². The van der Waals surface area contributed by atoms with Crippen LogP contribution in [0.1, 0.15) is 13.3 Å². The lowest BCUT2D eigenvalue weighted by atomic mass is 10.0. The van der Waals surface area contributed by atoms with E-state index in [0.29, 0.717) is 19.5 Å². The van der Waals surface area contributed by atoms with Gasteiger partial charge in [0.1, 0.15) is 0 Å². The molecule has 1 rings (SSSR count). The van der Waals surface area contributed by atoms with Crippen LogP contribution in [0.5, 0.6) is 0 Å².